The molecule has 7 heteroatoms. The van der Waals surface area contributed by atoms with Crippen LogP contribution in [0.25, 0.3) is 0 Å². The molecule has 0 bridgehead atoms. The maximum atomic E-state index is 13.2. The minimum Gasteiger partial charge on any atom is -0.342 e. The van der Waals surface area contributed by atoms with Crippen LogP contribution in [0.4, 0.5) is 16.0 Å². The number of halogens is 2. The van der Waals surface area contributed by atoms with E-state index in [1.54, 1.807) is 29.4 Å². The lowest BCUT2D eigenvalue weighted by molar-refractivity contribution is -0.117. The molecule has 0 radical (unpaired) electrons. The van der Waals surface area contributed by atoms with Crippen molar-refractivity contribution < 1.29 is 9.18 Å². The summed E-state index contributed by atoms with van der Waals surface area (Å²) in [5.41, 5.74) is 0.588. The molecule has 1 aromatic carbocycles. The number of anilines is 2. The number of nitrogens with one attached hydrogen (secondary N) is 1. The Hall–Kier alpha value is -2.21. The van der Waals surface area contributed by atoms with Gasteiger partial charge < -0.3 is 10.2 Å². The van der Waals surface area contributed by atoms with Gasteiger partial charge in [0.2, 0.25) is 11.9 Å². The van der Waals surface area contributed by atoms with E-state index in [2.05, 4.69) is 15.3 Å². The summed E-state index contributed by atoms with van der Waals surface area (Å²) in [6.07, 6.45) is 3.82. The fourth-order valence-electron chi connectivity index (χ4n) is 2.25. The molecule has 1 amide bonds. The molecule has 1 atom stereocenters. The third-order valence-corrected chi connectivity index (χ3v) is 3.58. The number of aromatic nitrogens is 2. The van der Waals surface area contributed by atoms with E-state index in [0.29, 0.717) is 24.6 Å². The standard InChI is InChI=1S/C14H12ClFN4O/c15-10-8-9(2-3-11(10)16)20-7-4-12(13(20)21)19-14-17-5-1-6-18-14/h1-3,5-6,8,12H,4,7H2,(H,17,18,19)/t12-/m1/s1. The summed E-state index contributed by atoms with van der Waals surface area (Å²) >= 11 is 5.76. The Labute approximate surface area is 125 Å². The summed E-state index contributed by atoms with van der Waals surface area (Å²) in [7, 11) is 0. The van der Waals surface area contributed by atoms with Gasteiger partial charge in [0, 0.05) is 24.6 Å². The molecule has 0 aliphatic carbocycles. The van der Waals surface area contributed by atoms with Gasteiger partial charge in [-0.15, -0.1) is 0 Å². The lowest BCUT2D eigenvalue weighted by atomic mass is 10.2. The van der Waals surface area contributed by atoms with Gasteiger partial charge in [0.25, 0.3) is 0 Å². The van der Waals surface area contributed by atoms with Gasteiger partial charge in [0.1, 0.15) is 11.9 Å². The van der Waals surface area contributed by atoms with Gasteiger partial charge in [-0.05, 0) is 30.7 Å². The Kier molecular flexibility index (Phi) is 3.70. The second-order valence-electron chi connectivity index (χ2n) is 4.65. The lowest BCUT2D eigenvalue weighted by Crippen LogP contribution is -2.33. The Morgan fingerprint density at radius 1 is 1.33 bits per heavy atom. The average Bonchev–Trinajstić information content (AvgIpc) is 2.84. The molecule has 3 rings (SSSR count). The maximum Gasteiger partial charge on any atom is 0.249 e. The highest BCUT2D eigenvalue weighted by Crippen LogP contribution is 2.27. The molecule has 108 valence electrons. The predicted molar refractivity (Wildman–Crippen MR) is 77.8 cm³/mol. The van der Waals surface area contributed by atoms with E-state index in [1.165, 1.54) is 12.1 Å². The van der Waals surface area contributed by atoms with Crippen LogP contribution in [-0.4, -0.2) is 28.5 Å². The molecule has 1 fully saturated rings. The second kappa shape index (κ2) is 5.65. The third-order valence-electron chi connectivity index (χ3n) is 3.29. The fraction of sp³-hybridized carbons (Fsp3) is 0.214. The highest BCUT2D eigenvalue weighted by atomic mass is 35.5. The van der Waals surface area contributed by atoms with E-state index in [1.807, 2.05) is 0 Å². The normalized spacial score (nSPS) is 18.1. The summed E-state index contributed by atoms with van der Waals surface area (Å²) < 4.78 is 13.2. The van der Waals surface area contributed by atoms with Gasteiger partial charge in [-0.1, -0.05) is 11.6 Å². The van der Waals surface area contributed by atoms with Crippen molar-refractivity contribution in [3.8, 4) is 0 Å². The zero-order chi connectivity index (χ0) is 14.8. The lowest BCUT2D eigenvalue weighted by Gasteiger charge is -2.17. The van der Waals surface area contributed by atoms with E-state index in [0.717, 1.165) is 0 Å². The molecule has 2 heterocycles. The number of benzene rings is 1. The summed E-state index contributed by atoms with van der Waals surface area (Å²) in [6, 6.07) is 5.56. The molecule has 2 aromatic rings. The monoisotopic (exact) mass is 306 g/mol. The predicted octanol–water partition coefficient (Wildman–Crippen LogP) is 2.49. The molecule has 0 unspecified atom stereocenters. The quantitative estimate of drug-likeness (QED) is 0.946. The van der Waals surface area contributed by atoms with Crippen molar-refractivity contribution in [3.05, 3.63) is 47.5 Å². The molecule has 21 heavy (non-hydrogen) atoms. The molecular formula is C14H12ClFN4O. The van der Waals surface area contributed by atoms with Crippen LogP contribution in [-0.2, 0) is 4.79 Å². The third kappa shape index (κ3) is 2.80. The molecule has 1 N–H and O–H groups in total. The Morgan fingerprint density at radius 3 is 2.81 bits per heavy atom. The Morgan fingerprint density at radius 2 is 2.10 bits per heavy atom. The fourth-order valence-corrected chi connectivity index (χ4v) is 2.43. The number of carbonyl (C=O) groups is 1. The summed E-state index contributed by atoms with van der Waals surface area (Å²) in [5, 5.41) is 3.00. The molecule has 1 saturated heterocycles. The van der Waals surface area contributed by atoms with Crippen molar-refractivity contribution in [2.45, 2.75) is 12.5 Å². The highest BCUT2D eigenvalue weighted by Gasteiger charge is 2.33. The maximum absolute atomic E-state index is 13.2. The number of hydrogen-bond acceptors (Lipinski definition) is 4. The van der Waals surface area contributed by atoms with E-state index in [9.17, 15) is 9.18 Å². The topological polar surface area (TPSA) is 58.1 Å². The van der Waals surface area contributed by atoms with E-state index in [4.69, 9.17) is 11.6 Å². The van der Waals surface area contributed by atoms with Crippen LogP contribution in [0.1, 0.15) is 6.42 Å². The van der Waals surface area contributed by atoms with E-state index in [-0.39, 0.29) is 10.9 Å². The van der Waals surface area contributed by atoms with Gasteiger partial charge in [-0.3, -0.25) is 4.79 Å². The molecule has 5 nitrogen and oxygen atoms in total. The molecule has 1 aromatic heterocycles. The number of amides is 1. The van der Waals surface area contributed by atoms with E-state index >= 15 is 0 Å². The Bertz CT molecular complexity index is 667. The molecule has 1 aliphatic heterocycles. The minimum absolute atomic E-state index is 0.00287. The largest absolute Gasteiger partial charge is 0.342 e. The van der Waals surface area contributed by atoms with Crippen LogP contribution < -0.4 is 10.2 Å². The first-order valence-electron chi connectivity index (χ1n) is 6.45. The number of nitrogens with zero attached hydrogens (tertiary/aromatic N) is 3. The molecule has 0 spiro atoms. The second-order valence-corrected chi connectivity index (χ2v) is 5.05. The van der Waals surface area contributed by atoms with Gasteiger partial charge in [0.05, 0.1) is 5.02 Å². The van der Waals surface area contributed by atoms with Crippen LogP contribution in [0, 0.1) is 5.82 Å². The van der Waals surface area contributed by atoms with Crippen LogP contribution in [0.15, 0.2) is 36.7 Å². The first-order valence-corrected chi connectivity index (χ1v) is 6.83. The molecule has 0 saturated carbocycles. The van der Waals surface area contributed by atoms with Crippen molar-refractivity contribution in [2.75, 3.05) is 16.8 Å². The van der Waals surface area contributed by atoms with Crippen molar-refractivity contribution in [2.24, 2.45) is 0 Å². The first kappa shape index (κ1) is 13.8. The van der Waals surface area contributed by atoms with Gasteiger partial charge in [-0.25, -0.2) is 14.4 Å². The molecule has 1 aliphatic rings. The summed E-state index contributed by atoms with van der Waals surface area (Å²) in [6.45, 7) is 0.533. The van der Waals surface area contributed by atoms with Crippen LogP contribution >= 0.6 is 11.6 Å². The highest BCUT2D eigenvalue weighted by molar-refractivity contribution is 6.31. The van der Waals surface area contributed by atoms with Crippen molar-refractivity contribution in [1.29, 1.82) is 0 Å². The van der Waals surface area contributed by atoms with Crippen molar-refractivity contribution >= 4 is 29.1 Å². The van der Waals surface area contributed by atoms with Crippen LogP contribution in [0.5, 0.6) is 0 Å². The Balaban J connectivity index is 1.75. The van der Waals surface area contributed by atoms with Crippen molar-refractivity contribution in [3.63, 3.8) is 0 Å². The van der Waals surface area contributed by atoms with Crippen LogP contribution in [0.3, 0.4) is 0 Å². The average molecular weight is 307 g/mol. The zero-order valence-corrected chi connectivity index (χ0v) is 11.7. The minimum atomic E-state index is -0.501. The number of hydrogen-bond donors (Lipinski definition) is 1. The zero-order valence-electron chi connectivity index (χ0n) is 11.0. The number of carbonyl (C=O) groups excluding carboxylic acids is 1. The molecular weight excluding hydrogens is 295 g/mol. The summed E-state index contributed by atoms with van der Waals surface area (Å²) in [4.78, 5) is 22.0. The first-order chi connectivity index (χ1) is 10.1. The van der Waals surface area contributed by atoms with Gasteiger partial charge in [0.15, 0.2) is 0 Å². The smallest absolute Gasteiger partial charge is 0.249 e. The van der Waals surface area contributed by atoms with Crippen LogP contribution in [0.2, 0.25) is 5.02 Å². The SMILES string of the molecule is O=C1[C@H](Nc2ncccn2)CCN1c1ccc(F)c(Cl)c1. The van der Waals surface area contributed by atoms with Gasteiger partial charge in [-0.2, -0.15) is 0 Å². The van der Waals surface area contributed by atoms with E-state index < -0.39 is 11.9 Å². The number of rotatable bonds is 3. The van der Waals surface area contributed by atoms with Gasteiger partial charge >= 0.3 is 0 Å². The van der Waals surface area contributed by atoms with Crippen molar-refractivity contribution in [1.82, 2.24) is 9.97 Å². The summed E-state index contributed by atoms with van der Waals surface area (Å²) in [5.74, 6) is -0.195.